The summed E-state index contributed by atoms with van der Waals surface area (Å²) in [6, 6.07) is 0. The summed E-state index contributed by atoms with van der Waals surface area (Å²) in [6.45, 7) is 2.17. The Morgan fingerprint density at radius 3 is 2.35 bits per heavy atom. The zero-order valence-corrected chi connectivity index (χ0v) is 9.96. The Kier molecular flexibility index (Phi) is 3.66. The molecule has 0 amide bonds. The lowest BCUT2D eigenvalue weighted by molar-refractivity contribution is -0.150. The summed E-state index contributed by atoms with van der Waals surface area (Å²) < 4.78 is 35.6. The molecule has 3 nitrogen and oxygen atoms in total. The van der Waals surface area contributed by atoms with Gasteiger partial charge in [-0.15, -0.1) is 0 Å². The highest BCUT2D eigenvalue weighted by Crippen LogP contribution is 2.46. The monoisotopic (exact) mass is 248 g/mol. The summed E-state index contributed by atoms with van der Waals surface area (Å²) >= 11 is 0. The van der Waals surface area contributed by atoms with Crippen LogP contribution in [0.5, 0.6) is 0 Å². The van der Waals surface area contributed by atoms with Gasteiger partial charge in [0.25, 0.3) is 5.92 Å². The third-order valence-corrected chi connectivity index (χ3v) is 3.42. The molecular formula is C12H18F2O3. The van der Waals surface area contributed by atoms with E-state index in [1.165, 1.54) is 0 Å². The number of alkyl halides is 2. The molecule has 98 valence electrons. The van der Waals surface area contributed by atoms with Crippen molar-refractivity contribution in [2.24, 2.45) is 5.92 Å². The number of carbonyl (C=O) groups excluding carboxylic acids is 1. The molecule has 0 aromatic rings. The number of hydrogen-bond acceptors (Lipinski definition) is 3. The highest BCUT2D eigenvalue weighted by molar-refractivity contribution is 5.72. The molecule has 2 aliphatic rings. The minimum absolute atomic E-state index is 0.0745. The van der Waals surface area contributed by atoms with Gasteiger partial charge in [0.2, 0.25) is 0 Å². The first-order valence-corrected chi connectivity index (χ1v) is 6.23. The van der Waals surface area contributed by atoms with Crippen molar-refractivity contribution in [3.8, 4) is 0 Å². The van der Waals surface area contributed by atoms with Crippen molar-refractivity contribution in [2.75, 3.05) is 6.61 Å². The molecule has 5 heteroatoms. The molecule has 0 N–H and O–H groups in total. The Labute approximate surface area is 99.5 Å². The minimum Gasteiger partial charge on any atom is -0.466 e. The van der Waals surface area contributed by atoms with Crippen LogP contribution in [0.3, 0.4) is 0 Å². The third kappa shape index (κ3) is 3.15. The van der Waals surface area contributed by atoms with E-state index in [9.17, 15) is 13.6 Å². The quantitative estimate of drug-likeness (QED) is 0.717. The van der Waals surface area contributed by atoms with Gasteiger partial charge in [-0.05, 0) is 32.6 Å². The molecule has 2 rings (SSSR count). The van der Waals surface area contributed by atoms with Gasteiger partial charge in [-0.2, -0.15) is 0 Å². The van der Waals surface area contributed by atoms with E-state index in [2.05, 4.69) is 0 Å². The lowest BCUT2D eigenvalue weighted by atomic mass is 9.87. The fourth-order valence-corrected chi connectivity index (χ4v) is 2.26. The Hall–Kier alpha value is -0.710. The lowest BCUT2D eigenvalue weighted by Gasteiger charge is -2.27. The molecule has 0 aliphatic heterocycles. The topological polar surface area (TPSA) is 35.5 Å². The van der Waals surface area contributed by atoms with E-state index in [1.807, 2.05) is 0 Å². The zero-order chi connectivity index (χ0) is 12.5. The van der Waals surface area contributed by atoms with E-state index in [0.717, 1.165) is 0 Å². The number of esters is 1. The molecule has 2 fully saturated rings. The Morgan fingerprint density at radius 2 is 1.88 bits per heavy atom. The van der Waals surface area contributed by atoms with Crippen molar-refractivity contribution in [1.82, 2.24) is 0 Å². The maximum Gasteiger partial charge on any atom is 0.308 e. The number of hydrogen-bond donors (Lipinski definition) is 0. The lowest BCUT2D eigenvalue weighted by Crippen LogP contribution is -2.28. The Bertz CT molecular complexity index is 285. The maximum absolute atomic E-state index is 12.7. The highest BCUT2D eigenvalue weighted by atomic mass is 19.3. The van der Waals surface area contributed by atoms with E-state index >= 15 is 0 Å². The van der Waals surface area contributed by atoms with Gasteiger partial charge in [0, 0.05) is 6.42 Å². The number of halogens is 2. The summed E-state index contributed by atoms with van der Waals surface area (Å²) in [7, 11) is 0. The number of rotatable bonds is 4. The molecule has 0 saturated heterocycles. The van der Waals surface area contributed by atoms with Crippen LogP contribution in [0.25, 0.3) is 0 Å². The second-order valence-electron chi connectivity index (χ2n) is 4.82. The molecule has 1 atom stereocenters. The predicted octanol–water partition coefficient (Wildman–Crippen LogP) is 2.53. The predicted molar refractivity (Wildman–Crippen MR) is 56.8 cm³/mol. The third-order valence-electron chi connectivity index (χ3n) is 3.42. The van der Waals surface area contributed by atoms with Crippen molar-refractivity contribution in [1.29, 1.82) is 0 Å². The van der Waals surface area contributed by atoms with Crippen LogP contribution in [0, 0.1) is 5.92 Å². The van der Waals surface area contributed by atoms with Crippen molar-refractivity contribution >= 4 is 5.97 Å². The fourth-order valence-electron chi connectivity index (χ4n) is 2.26. The number of carbonyl (C=O) groups is 1. The molecule has 0 bridgehead atoms. The van der Waals surface area contributed by atoms with Gasteiger partial charge in [-0.25, -0.2) is 8.78 Å². The van der Waals surface area contributed by atoms with Gasteiger partial charge in [-0.3, -0.25) is 4.79 Å². The Balaban J connectivity index is 1.69. The van der Waals surface area contributed by atoms with Crippen LogP contribution in [0.1, 0.15) is 39.0 Å². The fraction of sp³-hybridized carbons (Fsp3) is 0.917. The van der Waals surface area contributed by atoms with Crippen LogP contribution in [0.2, 0.25) is 0 Å². The molecule has 0 radical (unpaired) electrons. The molecular weight excluding hydrogens is 230 g/mol. The summed E-state index contributed by atoms with van der Waals surface area (Å²) in [5.41, 5.74) is 0. The molecule has 0 spiro atoms. The summed E-state index contributed by atoms with van der Waals surface area (Å²) in [5, 5.41) is 0. The van der Waals surface area contributed by atoms with E-state index in [1.54, 1.807) is 6.92 Å². The SMILES string of the molecule is CCOC(=O)C1CCC(OC2CC2(F)F)CC1. The van der Waals surface area contributed by atoms with E-state index in [-0.39, 0.29) is 24.4 Å². The smallest absolute Gasteiger partial charge is 0.308 e. The second-order valence-corrected chi connectivity index (χ2v) is 4.82. The van der Waals surface area contributed by atoms with Crippen LogP contribution >= 0.6 is 0 Å². The molecule has 0 aromatic heterocycles. The molecule has 2 saturated carbocycles. The largest absolute Gasteiger partial charge is 0.466 e. The first-order chi connectivity index (χ1) is 8.03. The molecule has 2 aliphatic carbocycles. The second kappa shape index (κ2) is 4.88. The van der Waals surface area contributed by atoms with Crippen LogP contribution in [0.15, 0.2) is 0 Å². The molecule has 1 unspecified atom stereocenters. The normalized spacial score (nSPS) is 35.4. The van der Waals surface area contributed by atoms with Crippen molar-refractivity contribution in [2.45, 2.75) is 57.2 Å². The average Bonchev–Trinajstić information content (AvgIpc) is 2.87. The van der Waals surface area contributed by atoms with Crippen molar-refractivity contribution in [3.05, 3.63) is 0 Å². The summed E-state index contributed by atoms with van der Waals surface area (Å²) in [6.07, 6.45) is 1.58. The van der Waals surface area contributed by atoms with Crippen molar-refractivity contribution < 1.29 is 23.0 Å². The zero-order valence-electron chi connectivity index (χ0n) is 9.96. The van der Waals surface area contributed by atoms with Crippen LogP contribution in [-0.4, -0.2) is 30.7 Å². The van der Waals surface area contributed by atoms with E-state index in [0.29, 0.717) is 32.3 Å². The van der Waals surface area contributed by atoms with E-state index < -0.39 is 12.0 Å². The first-order valence-electron chi connectivity index (χ1n) is 6.23. The van der Waals surface area contributed by atoms with Crippen LogP contribution in [-0.2, 0) is 14.3 Å². The van der Waals surface area contributed by atoms with Crippen LogP contribution < -0.4 is 0 Å². The van der Waals surface area contributed by atoms with Crippen LogP contribution in [0.4, 0.5) is 8.78 Å². The highest BCUT2D eigenvalue weighted by Gasteiger charge is 2.59. The minimum atomic E-state index is -2.61. The molecule has 0 heterocycles. The summed E-state index contributed by atoms with van der Waals surface area (Å²) in [5.74, 6) is -2.85. The van der Waals surface area contributed by atoms with Gasteiger partial charge in [0.15, 0.2) is 0 Å². The first kappa shape index (κ1) is 12.7. The van der Waals surface area contributed by atoms with Gasteiger partial charge in [0.1, 0.15) is 6.10 Å². The van der Waals surface area contributed by atoms with E-state index in [4.69, 9.17) is 9.47 Å². The molecule has 17 heavy (non-hydrogen) atoms. The molecule has 0 aromatic carbocycles. The summed E-state index contributed by atoms with van der Waals surface area (Å²) in [4.78, 5) is 11.5. The maximum atomic E-state index is 12.7. The van der Waals surface area contributed by atoms with Crippen molar-refractivity contribution in [3.63, 3.8) is 0 Å². The van der Waals surface area contributed by atoms with Gasteiger partial charge >= 0.3 is 5.97 Å². The Morgan fingerprint density at radius 1 is 1.29 bits per heavy atom. The number of ether oxygens (including phenoxy) is 2. The van der Waals surface area contributed by atoms with Gasteiger partial charge in [-0.1, -0.05) is 0 Å². The average molecular weight is 248 g/mol. The van der Waals surface area contributed by atoms with Gasteiger partial charge < -0.3 is 9.47 Å². The van der Waals surface area contributed by atoms with Gasteiger partial charge in [0.05, 0.1) is 18.6 Å². The standard InChI is InChI=1S/C12H18F2O3/c1-2-16-11(15)8-3-5-9(6-4-8)17-10-7-12(10,13)14/h8-10H,2-7H2,1H3.